The van der Waals surface area contributed by atoms with E-state index in [0.29, 0.717) is 22.5 Å². The van der Waals surface area contributed by atoms with Gasteiger partial charge in [0.25, 0.3) is 0 Å². The lowest BCUT2D eigenvalue weighted by Gasteiger charge is -2.16. The molecule has 6 nitrogen and oxygen atoms in total. The van der Waals surface area contributed by atoms with E-state index in [1.54, 1.807) is 12.1 Å². The van der Waals surface area contributed by atoms with Crippen molar-refractivity contribution in [3.63, 3.8) is 0 Å². The van der Waals surface area contributed by atoms with Crippen LogP contribution in [0.3, 0.4) is 0 Å². The second kappa shape index (κ2) is 7.58. The van der Waals surface area contributed by atoms with Gasteiger partial charge in [0.15, 0.2) is 11.4 Å². The van der Waals surface area contributed by atoms with Crippen LogP contribution in [0.1, 0.15) is 12.5 Å². The van der Waals surface area contributed by atoms with E-state index in [2.05, 4.69) is 5.32 Å². The summed E-state index contributed by atoms with van der Waals surface area (Å²) in [6, 6.07) is 13.5. The lowest BCUT2D eigenvalue weighted by molar-refractivity contribution is -0.127. The van der Waals surface area contributed by atoms with Crippen LogP contribution in [0, 0.1) is 0 Å². The molecule has 0 aliphatic rings. The molecule has 7 heteroatoms. The van der Waals surface area contributed by atoms with Crippen LogP contribution < -0.4 is 11.1 Å². The second-order valence-electron chi connectivity index (χ2n) is 5.99. The number of benzene rings is 2. The van der Waals surface area contributed by atoms with Crippen molar-refractivity contribution in [2.24, 2.45) is 0 Å². The Labute approximate surface area is 154 Å². The SMILES string of the molecule is CC(=O)[C@@H](Cc1ccccc1)NC(=O)Cn1c(=O)oc2cc(Cl)ccc21. The van der Waals surface area contributed by atoms with Crippen LogP contribution in [0.25, 0.3) is 11.1 Å². The Kier molecular flexibility index (Phi) is 5.23. The number of oxazole rings is 1. The van der Waals surface area contributed by atoms with Crippen LogP contribution in [0.4, 0.5) is 0 Å². The van der Waals surface area contributed by atoms with Gasteiger partial charge in [-0.1, -0.05) is 41.9 Å². The predicted octanol–water partition coefficient (Wildman–Crippen LogP) is 2.56. The Morgan fingerprint density at radius 2 is 1.92 bits per heavy atom. The fourth-order valence-electron chi connectivity index (χ4n) is 2.72. The lowest BCUT2D eigenvalue weighted by atomic mass is 10.0. The van der Waals surface area contributed by atoms with Crippen LogP contribution >= 0.6 is 11.6 Å². The third-order valence-corrected chi connectivity index (χ3v) is 4.28. The van der Waals surface area contributed by atoms with Crippen LogP contribution in [0.15, 0.2) is 57.7 Å². The molecule has 1 amide bonds. The summed E-state index contributed by atoms with van der Waals surface area (Å²) in [5.41, 5.74) is 1.72. The number of hydrogen-bond acceptors (Lipinski definition) is 4. The van der Waals surface area contributed by atoms with Gasteiger partial charge in [0.05, 0.1) is 11.6 Å². The number of rotatable bonds is 6. The first-order chi connectivity index (χ1) is 12.4. The largest absolute Gasteiger partial charge is 0.420 e. The summed E-state index contributed by atoms with van der Waals surface area (Å²) in [6.45, 7) is 1.18. The Balaban J connectivity index is 1.76. The quantitative estimate of drug-likeness (QED) is 0.721. The number of halogens is 1. The fraction of sp³-hybridized carbons (Fsp3) is 0.211. The normalized spacial score (nSPS) is 12.1. The van der Waals surface area contributed by atoms with Gasteiger partial charge >= 0.3 is 5.76 Å². The molecule has 0 aliphatic carbocycles. The van der Waals surface area contributed by atoms with Crippen molar-refractivity contribution < 1.29 is 14.0 Å². The summed E-state index contributed by atoms with van der Waals surface area (Å²) in [6.07, 6.45) is 0.387. The molecule has 0 aliphatic heterocycles. The summed E-state index contributed by atoms with van der Waals surface area (Å²) in [5, 5.41) is 3.12. The fourth-order valence-corrected chi connectivity index (χ4v) is 2.88. The molecule has 1 N–H and O–H groups in total. The number of amides is 1. The number of aromatic nitrogens is 1. The third kappa shape index (κ3) is 4.03. The molecule has 3 rings (SSSR count). The zero-order valence-electron chi connectivity index (χ0n) is 14.1. The molecule has 1 heterocycles. The van der Waals surface area contributed by atoms with Gasteiger partial charge in [-0.05, 0) is 31.0 Å². The molecule has 0 saturated heterocycles. The Hall–Kier alpha value is -2.86. The van der Waals surface area contributed by atoms with Gasteiger partial charge in [-0.2, -0.15) is 0 Å². The maximum absolute atomic E-state index is 12.4. The molecule has 0 spiro atoms. The van der Waals surface area contributed by atoms with Gasteiger partial charge in [-0.25, -0.2) is 4.79 Å². The highest BCUT2D eigenvalue weighted by Gasteiger charge is 2.19. The number of nitrogens with zero attached hydrogens (tertiary/aromatic N) is 1. The van der Waals surface area contributed by atoms with Crippen molar-refractivity contribution in [3.05, 3.63) is 69.7 Å². The van der Waals surface area contributed by atoms with Gasteiger partial charge in [0.1, 0.15) is 6.54 Å². The third-order valence-electron chi connectivity index (χ3n) is 4.04. The van der Waals surface area contributed by atoms with E-state index in [9.17, 15) is 14.4 Å². The van der Waals surface area contributed by atoms with E-state index in [1.807, 2.05) is 30.3 Å². The smallest absolute Gasteiger partial charge is 0.408 e. The van der Waals surface area contributed by atoms with Crippen molar-refractivity contribution in [2.75, 3.05) is 0 Å². The summed E-state index contributed by atoms with van der Waals surface area (Å²) in [5.74, 6) is -1.25. The van der Waals surface area contributed by atoms with E-state index in [1.165, 1.54) is 17.6 Å². The van der Waals surface area contributed by atoms with E-state index in [4.69, 9.17) is 16.0 Å². The maximum Gasteiger partial charge on any atom is 0.420 e. The molecule has 0 unspecified atom stereocenters. The van der Waals surface area contributed by atoms with Crippen molar-refractivity contribution in [1.82, 2.24) is 9.88 Å². The van der Waals surface area contributed by atoms with E-state index >= 15 is 0 Å². The van der Waals surface area contributed by atoms with Crippen LogP contribution in [0.2, 0.25) is 5.02 Å². The molecule has 26 heavy (non-hydrogen) atoms. The van der Waals surface area contributed by atoms with Gasteiger partial charge in [0, 0.05) is 11.1 Å². The Morgan fingerprint density at radius 3 is 2.62 bits per heavy atom. The Bertz CT molecular complexity index is 1010. The van der Waals surface area contributed by atoms with Crippen LogP contribution in [0.5, 0.6) is 0 Å². The van der Waals surface area contributed by atoms with E-state index < -0.39 is 17.7 Å². The Morgan fingerprint density at radius 1 is 1.19 bits per heavy atom. The number of carbonyl (C=O) groups excluding carboxylic acids is 2. The van der Waals surface area contributed by atoms with Crippen LogP contribution in [-0.4, -0.2) is 22.3 Å². The second-order valence-corrected chi connectivity index (χ2v) is 6.42. The molecule has 0 radical (unpaired) electrons. The number of ketones is 1. The van der Waals surface area contributed by atoms with Gasteiger partial charge < -0.3 is 9.73 Å². The standard InChI is InChI=1S/C19H17ClN2O4/c1-12(23)15(9-13-5-3-2-4-6-13)21-18(24)11-22-16-8-7-14(20)10-17(16)26-19(22)25/h2-8,10,15H,9,11H2,1H3,(H,21,24)/t15-/m1/s1. The first-order valence-electron chi connectivity index (χ1n) is 8.06. The topological polar surface area (TPSA) is 81.3 Å². The first kappa shape index (κ1) is 17.9. The molecule has 2 aromatic carbocycles. The van der Waals surface area contributed by atoms with Gasteiger partial charge in [0.2, 0.25) is 5.91 Å². The first-order valence-corrected chi connectivity index (χ1v) is 8.44. The molecule has 0 saturated carbocycles. The average molecular weight is 373 g/mol. The maximum atomic E-state index is 12.4. The number of carbonyl (C=O) groups is 2. The highest BCUT2D eigenvalue weighted by atomic mass is 35.5. The number of hydrogen-bond donors (Lipinski definition) is 1. The average Bonchev–Trinajstić information content (AvgIpc) is 2.89. The number of nitrogens with one attached hydrogen (secondary N) is 1. The molecule has 0 fully saturated rings. The van der Waals surface area contributed by atoms with Gasteiger partial charge in [-0.3, -0.25) is 14.2 Å². The van der Waals surface area contributed by atoms with Crippen molar-refractivity contribution in [2.45, 2.75) is 25.9 Å². The molecule has 134 valence electrons. The molecular formula is C19H17ClN2O4. The monoisotopic (exact) mass is 372 g/mol. The molecular weight excluding hydrogens is 356 g/mol. The van der Waals surface area contributed by atoms with Crippen molar-refractivity contribution >= 4 is 34.4 Å². The van der Waals surface area contributed by atoms with Crippen LogP contribution in [-0.2, 0) is 22.6 Å². The van der Waals surface area contributed by atoms with Gasteiger partial charge in [-0.15, -0.1) is 0 Å². The minimum absolute atomic E-state index is 0.154. The summed E-state index contributed by atoms with van der Waals surface area (Å²) in [4.78, 5) is 36.3. The highest BCUT2D eigenvalue weighted by molar-refractivity contribution is 6.31. The molecule has 3 aromatic rings. The summed E-state index contributed by atoms with van der Waals surface area (Å²) >= 11 is 5.88. The van der Waals surface area contributed by atoms with E-state index in [0.717, 1.165) is 5.56 Å². The summed E-state index contributed by atoms with van der Waals surface area (Å²) in [7, 11) is 0. The minimum Gasteiger partial charge on any atom is -0.408 e. The van der Waals surface area contributed by atoms with Crippen molar-refractivity contribution in [3.8, 4) is 0 Å². The zero-order chi connectivity index (χ0) is 18.7. The predicted molar refractivity (Wildman–Crippen MR) is 98.2 cm³/mol. The van der Waals surface area contributed by atoms with E-state index in [-0.39, 0.29) is 12.3 Å². The zero-order valence-corrected chi connectivity index (χ0v) is 14.8. The lowest BCUT2D eigenvalue weighted by Crippen LogP contribution is -2.43. The minimum atomic E-state index is -0.659. The molecule has 1 aromatic heterocycles. The summed E-state index contributed by atoms with van der Waals surface area (Å²) < 4.78 is 6.31. The number of Topliss-reactive ketones (excluding diaryl/α,β-unsaturated/α-hetero) is 1. The molecule has 0 bridgehead atoms. The molecule has 1 atom stereocenters. The highest BCUT2D eigenvalue weighted by Crippen LogP contribution is 2.18. The number of fused-ring (bicyclic) bond motifs is 1. The van der Waals surface area contributed by atoms with Crippen molar-refractivity contribution in [1.29, 1.82) is 0 Å².